The van der Waals surface area contributed by atoms with Crippen LogP contribution >= 0.6 is 0 Å². The minimum Gasteiger partial charge on any atom is -0.457 e. The van der Waals surface area contributed by atoms with Gasteiger partial charge in [0.2, 0.25) is 5.91 Å². The highest BCUT2D eigenvalue weighted by molar-refractivity contribution is 5.94. The van der Waals surface area contributed by atoms with E-state index < -0.39 is 18.5 Å². The minimum absolute atomic E-state index is 0.0587. The van der Waals surface area contributed by atoms with Gasteiger partial charge in [-0.3, -0.25) is 14.4 Å². The smallest absolute Gasteiger partial charge is 0.306 e. The summed E-state index contributed by atoms with van der Waals surface area (Å²) in [5.41, 5.74) is 5.51. The highest BCUT2D eigenvalue weighted by Crippen LogP contribution is 2.32. The summed E-state index contributed by atoms with van der Waals surface area (Å²) in [7, 11) is 0. The molecule has 3 rings (SSSR count). The molecule has 0 radical (unpaired) electrons. The second kappa shape index (κ2) is 12.7. The third-order valence-corrected chi connectivity index (χ3v) is 5.73. The molecule has 0 saturated heterocycles. The number of hydrogen-bond acceptors (Lipinski definition) is 5. The van der Waals surface area contributed by atoms with E-state index in [0.29, 0.717) is 23.0 Å². The van der Waals surface area contributed by atoms with E-state index in [0.717, 1.165) is 28.0 Å². The van der Waals surface area contributed by atoms with Crippen LogP contribution in [0.2, 0.25) is 0 Å². The molecule has 0 aliphatic carbocycles. The normalized spacial score (nSPS) is 10.6. The van der Waals surface area contributed by atoms with Gasteiger partial charge >= 0.3 is 5.97 Å². The number of esters is 1. The van der Waals surface area contributed by atoms with Crippen LogP contribution in [0.15, 0.2) is 60.7 Å². The second-order valence-corrected chi connectivity index (χ2v) is 9.40. The number of hydrogen-bond donors (Lipinski definition) is 2. The SMILES string of the molecule is Cc1ccc(NC(=O)COC(=O)CCC(=O)Nc2ccc(Oc3cc(C)ccc3C(C)C)cc2)c(C)c1. The highest BCUT2D eigenvalue weighted by Gasteiger charge is 2.13. The van der Waals surface area contributed by atoms with E-state index in [1.807, 2.05) is 39.0 Å². The van der Waals surface area contributed by atoms with Crippen molar-refractivity contribution in [1.82, 2.24) is 0 Å². The number of rotatable bonds is 10. The van der Waals surface area contributed by atoms with Crippen LogP contribution in [0.1, 0.15) is 54.9 Å². The molecule has 7 heteroatoms. The Labute approximate surface area is 218 Å². The van der Waals surface area contributed by atoms with E-state index in [4.69, 9.17) is 9.47 Å². The Morgan fingerprint density at radius 2 is 1.46 bits per heavy atom. The van der Waals surface area contributed by atoms with Crippen molar-refractivity contribution >= 4 is 29.2 Å². The molecule has 194 valence electrons. The molecule has 3 aromatic rings. The van der Waals surface area contributed by atoms with E-state index in [1.54, 1.807) is 30.3 Å². The predicted molar refractivity (Wildman–Crippen MR) is 145 cm³/mol. The molecule has 2 N–H and O–H groups in total. The van der Waals surface area contributed by atoms with Crippen molar-refractivity contribution in [2.45, 2.75) is 53.4 Å². The van der Waals surface area contributed by atoms with Crippen LogP contribution < -0.4 is 15.4 Å². The lowest BCUT2D eigenvalue weighted by molar-refractivity contribution is -0.147. The predicted octanol–water partition coefficient (Wildman–Crippen LogP) is 6.43. The number of carbonyl (C=O) groups is 3. The molecule has 0 heterocycles. The van der Waals surface area contributed by atoms with Gasteiger partial charge in [0.1, 0.15) is 11.5 Å². The van der Waals surface area contributed by atoms with E-state index >= 15 is 0 Å². The van der Waals surface area contributed by atoms with Crippen molar-refractivity contribution < 1.29 is 23.9 Å². The summed E-state index contributed by atoms with van der Waals surface area (Å²) in [5, 5.41) is 5.47. The first kappa shape index (κ1) is 27.5. The van der Waals surface area contributed by atoms with Crippen LogP contribution in [0, 0.1) is 20.8 Å². The molecule has 0 atom stereocenters. The Kier molecular flexibility index (Phi) is 9.44. The molecule has 7 nitrogen and oxygen atoms in total. The van der Waals surface area contributed by atoms with E-state index in [1.165, 1.54) is 0 Å². The van der Waals surface area contributed by atoms with Crippen LogP contribution in [0.3, 0.4) is 0 Å². The summed E-state index contributed by atoms with van der Waals surface area (Å²) < 4.78 is 11.1. The zero-order valence-electron chi connectivity index (χ0n) is 22.0. The first-order valence-electron chi connectivity index (χ1n) is 12.3. The van der Waals surface area contributed by atoms with E-state index in [9.17, 15) is 14.4 Å². The second-order valence-electron chi connectivity index (χ2n) is 9.40. The fourth-order valence-electron chi connectivity index (χ4n) is 3.74. The van der Waals surface area contributed by atoms with Gasteiger partial charge in [-0.1, -0.05) is 43.7 Å². The summed E-state index contributed by atoms with van der Waals surface area (Å²) in [6.07, 6.45) is -0.188. The van der Waals surface area contributed by atoms with Crippen molar-refractivity contribution in [3.05, 3.63) is 82.9 Å². The van der Waals surface area contributed by atoms with Crippen LogP contribution in [-0.2, 0) is 19.1 Å². The van der Waals surface area contributed by atoms with Crippen molar-refractivity contribution in [3.8, 4) is 11.5 Å². The van der Waals surface area contributed by atoms with Crippen LogP contribution in [0.4, 0.5) is 11.4 Å². The zero-order valence-corrected chi connectivity index (χ0v) is 22.0. The third kappa shape index (κ3) is 8.49. The number of amides is 2. The lowest BCUT2D eigenvalue weighted by atomic mass is 10.0. The summed E-state index contributed by atoms with van der Waals surface area (Å²) in [4.78, 5) is 36.3. The molecule has 0 aliphatic rings. The van der Waals surface area contributed by atoms with Crippen molar-refractivity contribution in [1.29, 1.82) is 0 Å². The molecular formula is C30H34N2O5. The van der Waals surface area contributed by atoms with Gasteiger partial charge in [-0.15, -0.1) is 0 Å². The molecule has 0 aliphatic heterocycles. The first-order chi connectivity index (χ1) is 17.6. The maximum Gasteiger partial charge on any atom is 0.306 e. The Morgan fingerprint density at radius 3 is 2.14 bits per heavy atom. The highest BCUT2D eigenvalue weighted by atomic mass is 16.5. The quantitative estimate of drug-likeness (QED) is 0.312. The topological polar surface area (TPSA) is 93.7 Å². The standard InChI is InChI=1S/C30H34N2O5/c1-19(2)25-12-6-21(4)17-27(25)37-24-10-8-23(9-11-24)31-28(33)14-15-30(35)36-18-29(34)32-26-13-7-20(3)16-22(26)5/h6-13,16-17,19H,14-15,18H2,1-5H3,(H,31,33)(H,32,34). The number of nitrogens with one attached hydrogen (secondary N) is 2. The molecule has 0 fully saturated rings. The molecule has 2 amide bonds. The van der Waals surface area contributed by atoms with Crippen molar-refractivity contribution in [2.24, 2.45) is 0 Å². The number of ether oxygens (including phenoxy) is 2. The fraction of sp³-hybridized carbons (Fsp3) is 0.300. The van der Waals surface area contributed by atoms with E-state index in [2.05, 4.69) is 36.6 Å². The Bertz CT molecular complexity index is 1270. The summed E-state index contributed by atoms with van der Waals surface area (Å²) >= 11 is 0. The number of anilines is 2. The van der Waals surface area contributed by atoms with Crippen molar-refractivity contribution in [2.75, 3.05) is 17.2 Å². The van der Waals surface area contributed by atoms with Gasteiger partial charge in [-0.2, -0.15) is 0 Å². The monoisotopic (exact) mass is 502 g/mol. The zero-order chi connectivity index (χ0) is 26.9. The van der Waals surface area contributed by atoms with Gasteiger partial charge in [-0.05, 0) is 79.8 Å². The van der Waals surface area contributed by atoms with Gasteiger partial charge in [0.15, 0.2) is 6.61 Å². The average Bonchev–Trinajstić information content (AvgIpc) is 2.84. The van der Waals surface area contributed by atoms with Gasteiger partial charge < -0.3 is 20.1 Å². The Morgan fingerprint density at radius 1 is 0.784 bits per heavy atom. The lowest BCUT2D eigenvalue weighted by Gasteiger charge is -2.15. The van der Waals surface area contributed by atoms with Gasteiger partial charge in [0.05, 0.1) is 6.42 Å². The molecule has 3 aromatic carbocycles. The van der Waals surface area contributed by atoms with Gasteiger partial charge in [-0.25, -0.2) is 0 Å². The lowest BCUT2D eigenvalue weighted by Crippen LogP contribution is -2.22. The molecule has 37 heavy (non-hydrogen) atoms. The van der Waals surface area contributed by atoms with Gasteiger partial charge in [0.25, 0.3) is 5.91 Å². The minimum atomic E-state index is -0.617. The van der Waals surface area contributed by atoms with E-state index in [-0.39, 0.29) is 18.7 Å². The molecular weight excluding hydrogens is 468 g/mol. The Hall–Kier alpha value is -4.13. The third-order valence-electron chi connectivity index (χ3n) is 5.73. The summed E-state index contributed by atoms with van der Waals surface area (Å²) in [6, 6.07) is 18.9. The van der Waals surface area contributed by atoms with Crippen LogP contribution in [-0.4, -0.2) is 24.4 Å². The largest absolute Gasteiger partial charge is 0.457 e. The van der Waals surface area contributed by atoms with Gasteiger partial charge in [0, 0.05) is 17.8 Å². The van der Waals surface area contributed by atoms with Crippen molar-refractivity contribution in [3.63, 3.8) is 0 Å². The average molecular weight is 503 g/mol. The maximum atomic E-state index is 12.3. The molecule has 0 bridgehead atoms. The maximum absolute atomic E-state index is 12.3. The molecule has 0 saturated carbocycles. The first-order valence-corrected chi connectivity index (χ1v) is 12.3. The molecule has 0 spiro atoms. The van der Waals surface area contributed by atoms with Crippen LogP contribution in [0.25, 0.3) is 0 Å². The number of benzene rings is 3. The molecule has 0 unspecified atom stereocenters. The summed E-state index contributed by atoms with van der Waals surface area (Å²) in [5.74, 6) is 0.423. The Balaban J connectivity index is 1.42. The number of aryl methyl sites for hydroxylation is 3. The number of carbonyl (C=O) groups excluding carboxylic acids is 3. The van der Waals surface area contributed by atoms with Crippen LogP contribution in [0.5, 0.6) is 11.5 Å². The summed E-state index contributed by atoms with van der Waals surface area (Å²) in [6.45, 7) is 9.70. The molecule has 0 aromatic heterocycles. The fourth-order valence-corrected chi connectivity index (χ4v) is 3.74.